The topological polar surface area (TPSA) is 61.4 Å². The monoisotopic (exact) mass is 283 g/mol. The summed E-state index contributed by atoms with van der Waals surface area (Å²) < 4.78 is 0. The summed E-state index contributed by atoms with van der Waals surface area (Å²) in [6.07, 6.45) is 0.367. The second-order valence-electron chi connectivity index (χ2n) is 4.24. The van der Waals surface area contributed by atoms with E-state index in [-0.39, 0.29) is 18.4 Å². The molecule has 1 rings (SSSR count). The molecule has 104 valence electrons. The number of hydrogen-bond donors (Lipinski definition) is 2. The highest BCUT2D eigenvalue weighted by Gasteiger charge is 2.06. The molecule has 0 saturated heterocycles. The lowest BCUT2D eigenvalue weighted by Gasteiger charge is -2.11. The Hall–Kier alpha value is -1.59. The van der Waals surface area contributed by atoms with Gasteiger partial charge in [0.15, 0.2) is 0 Å². The molecule has 5 nitrogen and oxygen atoms in total. The Labute approximate surface area is 117 Å². The lowest BCUT2D eigenvalue weighted by Crippen LogP contribution is -2.32. The van der Waals surface area contributed by atoms with Crippen molar-refractivity contribution in [3.05, 3.63) is 29.3 Å². The SMILES string of the molecule is CN(C)C(=O)CCNCC(=O)Nc1ccccc1Cl. The quantitative estimate of drug-likeness (QED) is 0.775. The Kier molecular flexibility index (Phi) is 6.32. The Morgan fingerprint density at radius 3 is 2.58 bits per heavy atom. The van der Waals surface area contributed by atoms with Crippen molar-refractivity contribution >= 4 is 29.1 Å². The normalized spacial score (nSPS) is 10.1. The zero-order valence-corrected chi connectivity index (χ0v) is 11.8. The van der Waals surface area contributed by atoms with Crippen LogP contribution in [0, 0.1) is 0 Å². The van der Waals surface area contributed by atoms with E-state index in [4.69, 9.17) is 11.6 Å². The first-order chi connectivity index (χ1) is 9.00. The molecule has 0 radical (unpaired) electrons. The van der Waals surface area contributed by atoms with E-state index in [1.165, 1.54) is 4.90 Å². The molecule has 19 heavy (non-hydrogen) atoms. The van der Waals surface area contributed by atoms with Crippen LogP contribution in [-0.2, 0) is 9.59 Å². The summed E-state index contributed by atoms with van der Waals surface area (Å²) in [7, 11) is 3.40. The number of nitrogens with zero attached hydrogens (tertiary/aromatic N) is 1. The molecule has 0 saturated carbocycles. The largest absolute Gasteiger partial charge is 0.349 e. The fourth-order valence-electron chi connectivity index (χ4n) is 1.38. The van der Waals surface area contributed by atoms with Crippen LogP contribution < -0.4 is 10.6 Å². The fourth-order valence-corrected chi connectivity index (χ4v) is 1.56. The average Bonchev–Trinajstić information content (AvgIpc) is 2.37. The second kappa shape index (κ2) is 7.76. The van der Waals surface area contributed by atoms with Gasteiger partial charge in [0.05, 0.1) is 17.3 Å². The van der Waals surface area contributed by atoms with Crippen LogP contribution in [0.2, 0.25) is 5.02 Å². The van der Waals surface area contributed by atoms with Crippen LogP contribution in [0.1, 0.15) is 6.42 Å². The Morgan fingerprint density at radius 2 is 1.95 bits per heavy atom. The lowest BCUT2D eigenvalue weighted by molar-refractivity contribution is -0.128. The predicted molar refractivity (Wildman–Crippen MR) is 76.3 cm³/mol. The van der Waals surface area contributed by atoms with Crippen molar-refractivity contribution in [2.45, 2.75) is 6.42 Å². The molecule has 0 aliphatic rings. The van der Waals surface area contributed by atoms with Crippen LogP contribution in [0.4, 0.5) is 5.69 Å². The minimum absolute atomic E-state index is 0.0269. The van der Waals surface area contributed by atoms with Crippen LogP contribution in [0.25, 0.3) is 0 Å². The third-order valence-corrected chi connectivity index (χ3v) is 2.78. The van der Waals surface area contributed by atoms with Crippen LogP contribution in [0.15, 0.2) is 24.3 Å². The number of anilines is 1. The van der Waals surface area contributed by atoms with Gasteiger partial charge in [-0.2, -0.15) is 0 Å². The first kappa shape index (κ1) is 15.5. The van der Waals surface area contributed by atoms with E-state index in [1.54, 1.807) is 38.4 Å². The molecular formula is C13H18ClN3O2. The molecule has 0 fully saturated rings. The van der Waals surface area contributed by atoms with Gasteiger partial charge in [-0.05, 0) is 12.1 Å². The number of rotatable bonds is 6. The van der Waals surface area contributed by atoms with Crippen molar-refractivity contribution in [2.24, 2.45) is 0 Å². The summed E-state index contributed by atoms with van der Waals surface area (Å²) in [4.78, 5) is 24.4. The van der Waals surface area contributed by atoms with Crippen molar-refractivity contribution < 1.29 is 9.59 Å². The standard InChI is InChI=1S/C13H18ClN3O2/c1-17(2)13(19)7-8-15-9-12(18)16-11-6-4-3-5-10(11)14/h3-6,15H,7-9H2,1-2H3,(H,16,18). The van der Waals surface area contributed by atoms with Gasteiger partial charge in [-0.3, -0.25) is 9.59 Å². The minimum Gasteiger partial charge on any atom is -0.349 e. The van der Waals surface area contributed by atoms with Gasteiger partial charge in [0.1, 0.15) is 0 Å². The Bertz CT molecular complexity index is 449. The molecule has 0 bridgehead atoms. The third kappa shape index (κ3) is 5.72. The number of hydrogen-bond acceptors (Lipinski definition) is 3. The maximum Gasteiger partial charge on any atom is 0.238 e. The van der Waals surface area contributed by atoms with E-state index >= 15 is 0 Å². The summed E-state index contributed by atoms with van der Waals surface area (Å²) in [6.45, 7) is 0.610. The van der Waals surface area contributed by atoms with Crippen molar-refractivity contribution in [1.29, 1.82) is 0 Å². The van der Waals surface area contributed by atoms with E-state index in [9.17, 15) is 9.59 Å². The Morgan fingerprint density at radius 1 is 1.26 bits per heavy atom. The molecule has 2 N–H and O–H groups in total. The number of halogens is 1. The molecule has 2 amide bonds. The van der Waals surface area contributed by atoms with Crippen LogP contribution in [0.3, 0.4) is 0 Å². The zero-order chi connectivity index (χ0) is 14.3. The first-order valence-electron chi connectivity index (χ1n) is 5.96. The predicted octanol–water partition coefficient (Wildman–Crippen LogP) is 1.35. The molecule has 1 aromatic rings. The number of amides is 2. The smallest absolute Gasteiger partial charge is 0.238 e. The number of nitrogens with one attached hydrogen (secondary N) is 2. The third-order valence-electron chi connectivity index (χ3n) is 2.45. The molecular weight excluding hydrogens is 266 g/mol. The summed E-state index contributed by atoms with van der Waals surface area (Å²) in [5.41, 5.74) is 0.584. The molecule has 0 aliphatic carbocycles. The van der Waals surface area contributed by atoms with Gasteiger partial charge >= 0.3 is 0 Å². The second-order valence-corrected chi connectivity index (χ2v) is 4.65. The molecule has 1 aromatic carbocycles. The van der Waals surface area contributed by atoms with E-state index in [2.05, 4.69) is 10.6 Å². The molecule has 6 heteroatoms. The molecule has 0 spiro atoms. The van der Waals surface area contributed by atoms with Gasteiger partial charge in [0, 0.05) is 27.1 Å². The highest BCUT2D eigenvalue weighted by molar-refractivity contribution is 6.33. The highest BCUT2D eigenvalue weighted by Crippen LogP contribution is 2.19. The number of para-hydroxylation sites is 1. The first-order valence-corrected chi connectivity index (χ1v) is 6.33. The molecule has 0 heterocycles. The van der Waals surface area contributed by atoms with E-state index in [0.717, 1.165) is 0 Å². The van der Waals surface area contributed by atoms with E-state index < -0.39 is 0 Å². The van der Waals surface area contributed by atoms with E-state index in [0.29, 0.717) is 23.7 Å². The van der Waals surface area contributed by atoms with Gasteiger partial charge in [0.2, 0.25) is 11.8 Å². The maximum atomic E-state index is 11.6. The van der Waals surface area contributed by atoms with Crippen LogP contribution in [-0.4, -0.2) is 43.9 Å². The zero-order valence-electron chi connectivity index (χ0n) is 11.1. The number of carbonyl (C=O) groups is 2. The fraction of sp³-hybridized carbons (Fsp3) is 0.385. The molecule has 0 aliphatic heterocycles. The average molecular weight is 284 g/mol. The minimum atomic E-state index is -0.189. The summed E-state index contributed by atoms with van der Waals surface area (Å²) in [5, 5.41) is 6.10. The van der Waals surface area contributed by atoms with Gasteiger partial charge < -0.3 is 15.5 Å². The molecule has 0 unspecified atom stereocenters. The Balaban J connectivity index is 2.26. The van der Waals surface area contributed by atoms with Gasteiger partial charge in [-0.25, -0.2) is 0 Å². The van der Waals surface area contributed by atoms with Crippen molar-refractivity contribution in [3.63, 3.8) is 0 Å². The lowest BCUT2D eigenvalue weighted by atomic mass is 10.3. The maximum absolute atomic E-state index is 11.6. The van der Waals surface area contributed by atoms with Crippen LogP contribution in [0.5, 0.6) is 0 Å². The van der Waals surface area contributed by atoms with Crippen molar-refractivity contribution in [2.75, 3.05) is 32.5 Å². The molecule has 0 atom stereocenters. The summed E-state index contributed by atoms with van der Waals surface area (Å²) in [5.74, 6) is -0.163. The van der Waals surface area contributed by atoms with Crippen molar-refractivity contribution in [1.82, 2.24) is 10.2 Å². The highest BCUT2D eigenvalue weighted by atomic mass is 35.5. The van der Waals surface area contributed by atoms with Gasteiger partial charge in [0.25, 0.3) is 0 Å². The van der Waals surface area contributed by atoms with Gasteiger partial charge in [-0.15, -0.1) is 0 Å². The molecule has 0 aromatic heterocycles. The summed E-state index contributed by atoms with van der Waals surface area (Å²) in [6, 6.07) is 7.03. The number of benzene rings is 1. The van der Waals surface area contributed by atoms with Gasteiger partial charge in [-0.1, -0.05) is 23.7 Å². The van der Waals surface area contributed by atoms with E-state index in [1.807, 2.05) is 0 Å². The number of carbonyl (C=O) groups excluding carboxylic acids is 2. The summed E-state index contributed by atoms with van der Waals surface area (Å²) >= 11 is 5.92. The van der Waals surface area contributed by atoms with Crippen molar-refractivity contribution in [3.8, 4) is 0 Å². The van der Waals surface area contributed by atoms with Crippen LogP contribution >= 0.6 is 11.6 Å².